The second kappa shape index (κ2) is 11.2. The van der Waals surface area contributed by atoms with Gasteiger partial charge in [-0.25, -0.2) is 0 Å². The Morgan fingerprint density at radius 1 is 1.21 bits per heavy atom. The van der Waals surface area contributed by atoms with Gasteiger partial charge in [-0.2, -0.15) is 0 Å². The first-order valence-electron chi connectivity index (χ1n) is 10.5. The minimum absolute atomic E-state index is 0. The molecule has 1 aliphatic heterocycles. The lowest BCUT2D eigenvalue weighted by molar-refractivity contribution is -0.116. The monoisotopic (exact) mass is 513 g/mol. The molecular formula is C22H36IN5O. The van der Waals surface area contributed by atoms with Crippen LogP contribution in [-0.4, -0.2) is 62.4 Å². The normalized spacial score (nSPS) is 18.6. The van der Waals surface area contributed by atoms with Crippen LogP contribution in [0, 0.1) is 5.41 Å². The van der Waals surface area contributed by atoms with Crippen molar-refractivity contribution >= 4 is 41.5 Å². The van der Waals surface area contributed by atoms with E-state index in [1.165, 1.54) is 38.5 Å². The second-order valence-corrected chi connectivity index (χ2v) is 8.62. The number of halogens is 1. The SMILES string of the molecule is CN=C(NCc1cccc(NC(=O)CN(C)C)c1)N1CCC2(CCCCC2)C1.I. The first-order chi connectivity index (χ1) is 13.5. The van der Waals surface area contributed by atoms with E-state index in [9.17, 15) is 4.79 Å². The molecule has 29 heavy (non-hydrogen) atoms. The number of carbonyl (C=O) groups excluding carboxylic acids is 1. The van der Waals surface area contributed by atoms with Gasteiger partial charge in [-0.3, -0.25) is 9.79 Å². The molecule has 1 saturated heterocycles. The molecule has 0 aromatic heterocycles. The molecule has 2 aliphatic rings. The lowest BCUT2D eigenvalue weighted by Gasteiger charge is -2.33. The van der Waals surface area contributed by atoms with Crippen molar-refractivity contribution < 1.29 is 4.79 Å². The van der Waals surface area contributed by atoms with E-state index in [-0.39, 0.29) is 29.9 Å². The Morgan fingerprint density at radius 3 is 2.66 bits per heavy atom. The van der Waals surface area contributed by atoms with Gasteiger partial charge in [-0.05, 0) is 56.5 Å². The number of likely N-dealkylation sites (tertiary alicyclic amines) is 1. The molecule has 1 aromatic rings. The number of hydrogen-bond donors (Lipinski definition) is 2. The summed E-state index contributed by atoms with van der Waals surface area (Å²) in [6.07, 6.45) is 8.19. The van der Waals surface area contributed by atoms with E-state index >= 15 is 0 Å². The summed E-state index contributed by atoms with van der Waals surface area (Å²) in [7, 11) is 5.65. The maximum absolute atomic E-state index is 12.0. The number of benzene rings is 1. The van der Waals surface area contributed by atoms with E-state index in [1.807, 2.05) is 44.2 Å². The number of nitrogens with one attached hydrogen (secondary N) is 2. The van der Waals surface area contributed by atoms with Crippen molar-refractivity contribution in [2.75, 3.05) is 46.1 Å². The van der Waals surface area contributed by atoms with Crippen LogP contribution in [0.15, 0.2) is 29.3 Å². The molecule has 1 heterocycles. The van der Waals surface area contributed by atoms with E-state index < -0.39 is 0 Å². The molecule has 1 aromatic carbocycles. The van der Waals surface area contributed by atoms with E-state index in [2.05, 4.69) is 26.6 Å². The van der Waals surface area contributed by atoms with Crippen molar-refractivity contribution in [3.8, 4) is 0 Å². The fraction of sp³-hybridized carbons (Fsp3) is 0.636. The quantitative estimate of drug-likeness (QED) is 0.360. The summed E-state index contributed by atoms with van der Waals surface area (Å²) < 4.78 is 0. The molecular weight excluding hydrogens is 477 g/mol. The molecule has 162 valence electrons. The zero-order chi connectivity index (χ0) is 20.0. The van der Waals surface area contributed by atoms with E-state index in [1.54, 1.807) is 0 Å². The summed E-state index contributed by atoms with van der Waals surface area (Å²) in [5.74, 6) is 0.991. The minimum Gasteiger partial charge on any atom is -0.352 e. The average Bonchev–Trinajstić information content (AvgIpc) is 3.05. The summed E-state index contributed by atoms with van der Waals surface area (Å²) in [5, 5.41) is 6.48. The van der Waals surface area contributed by atoms with Gasteiger partial charge in [0, 0.05) is 32.4 Å². The van der Waals surface area contributed by atoms with Crippen molar-refractivity contribution in [1.29, 1.82) is 0 Å². The summed E-state index contributed by atoms with van der Waals surface area (Å²) in [4.78, 5) is 20.8. The average molecular weight is 513 g/mol. The van der Waals surface area contributed by atoms with Crippen LogP contribution in [0.4, 0.5) is 5.69 Å². The zero-order valence-electron chi connectivity index (χ0n) is 18.0. The van der Waals surface area contributed by atoms with Crippen LogP contribution in [-0.2, 0) is 11.3 Å². The highest BCUT2D eigenvalue weighted by Gasteiger charge is 2.39. The Bertz CT molecular complexity index is 700. The summed E-state index contributed by atoms with van der Waals surface area (Å²) in [5.41, 5.74) is 2.49. The molecule has 1 spiro atoms. The van der Waals surface area contributed by atoms with E-state index in [0.29, 0.717) is 18.5 Å². The largest absolute Gasteiger partial charge is 0.352 e. The Morgan fingerprint density at radius 2 is 1.97 bits per heavy atom. The predicted molar refractivity (Wildman–Crippen MR) is 131 cm³/mol. The summed E-state index contributed by atoms with van der Waals surface area (Å²) in [6, 6.07) is 8.02. The Kier molecular flexibility index (Phi) is 9.20. The van der Waals surface area contributed by atoms with Gasteiger partial charge in [0.25, 0.3) is 0 Å². The fourth-order valence-corrected chi connectivity index (χ4v) is 4.59. The number of likely N-dealkylation sites (N-methyl/N-ethyl adjacent to an activating group) is 1. The molecule has 0 atom stereocenters. The lowest BCUT2D eigenvalue weighted by Crippen LogP contribution is -2.41. The Balaban J connectivity index is 0.00000300. The van der Waals surface area contributed by atoms with Gasteiger partial charge in [0.2, 0.25) is 5.91 Å². The van der Waals surface area contributed by atoms with Gasteiger partial charge >= 0.3 is 0 Å². The molecule has 3 rings (SSSR count). The molecule has 2 fully saturated rings. The highest BCUT2D eigenvalue weighted by Crippen LogP contribution is 2.43. The Hall–Kier alpha value is -1.35. The fourth-order valence-electron chi connectivity index (χ4n) is 4.59. The summed E-state index contributed by atoms with van der Waals surface area (Å²) in [6.45, 7) is 3.31. The number of carbonyl (C=O) groups is 1. The van der Waals surface area contributed by atoms with Crippen molar-refractivity contribution in [3.63, 3.8) is 0 Å². The van der Waals surface area contributed by atoms with Gasteiger partial charge in [0.05, 0.1) is 6.54 Å². The molecule has 1 aliphatic carbocycles. The number of amides is 1. The highest BCUT2D eigenvalue weighted by molar-refractivity contribution is 14.0. The van der Waals surface area contributed by atoms with Crippen LogP contribution in [0.2, 0.25) is 0 Å². The van der Waals surface area contributed by atoms with Gasteiger partial charge in [0.1, 0.15) is 0 Å². The van der Waals surface area contributed by atoms with Crippen LogP contribution in [0.25, 0.3) is 0 Å². The van der Waals surface area contributed by atoms with Crippen LogP contribution in [0.3, 0.4) is 0 Å². The van der Waals surface area contributed by atoms with Crippen LogP contribution >= 0.6 is 24.0 Å². The number of aliphatic imine (C=N–C) groups is 1. The van der Waals surface area contributed by atoms with E-state index in [0.717, 1.165) is 30.3 Å². The second-order valence-electron chi connectivity index (χ2n) is 8.62. The molecule has 2 N–H and O–H groups in total. The first-order valence-corrected chi connectivity index (χ1v) is 10.5. The number of anilines is 1. The van der Waals surface area contributed by atoms with Crippen LogP contribution < -0.4 is 10.6 Å². The topological polar surface area (TPSA) is 60.0 Å². The van der Waals surface area contributed by atoms with Crippen molar-refractivity contribution in [1.82, 2.24) is 15.1 Å². The molecule has 0 unspecified atom stereocenters. The number of guanidine groups is 1. The third-order valence-corrected chi connectivity index (χ3v) is 5.99. The number of nitrogens with zero attached hydrogens (tertiary/aromatic N) is 3. The molecule has 6 nitrogen and oxygen atoms in total. The van der Waals surface area contributed by atoms with Gasteiger partial charge in [-0.1, -0.05) is 31.4 Å². The first kappa shape index (κ1) is 23.9. The molecule has 0 bridgehead atoms. The molecule has 1 amide bonds. The van der Waals surface area contributed by atoms with Gasteiger partial charge < -0.3 is 20.4 Å². The third kappa shape index (κ3) is 6.84. The highest BCUT2D eigenvalue weighted by atomic mass is 127. The maximum atomic E-state index is 12.0. The lowest BCUT2D eigenvalue weighted by atomic mass is 9.73. The van der Waals surface area contributed by atoms with Crippen molar-refractivity contribution in [3.05, 3.63) is 29.8 Å². The van der Waals surface area contributed by atoms with Gasteiger partial charge in [0.15, 0.2) is 5.96 Å². The van der Waals surface area contributed by atoms with Crippen LogP contribution in [0.1, 0.15) is 44.1 Å². The van der Waals surface area contributed by atoms with Crippen LogP contribution in [0.5, 0.6) is 0 Å². The third-order valence-electron chi connectivity index (χ3n) is 5.99. The smallest absolute Gasteiger partial charge is 0.238 e. The maximum Gasteiger partial charge on any atom is 0.238 e. The molecule has 7 heteroatoms. The standard InChI is InChI=1S/C22H35N5O.HI/c1-23-21(27-13-12-22(17-27)10-5-4-6-11-22)24-15-18-8-7-9-19(14-18)25-20(28)16-26(2)3;/h7-9,14H,4-6,10-13,15-17H2,1-3H3,(H,23,24)(H,25,28);1H. The minimum atomic E-state index is 0. The van der Waals surface area contributed by atoms with Crippen molar-refractivity contribution in [2.24, 2.45) is 10.4 Å². The number of hydrogen-bond acceptors (Lipinski definition) is 3. The number of rotatable bonds is 5. The Labute approximate surface area is 192 Å². The van der Waals surface area contributed by atoms with E-state index in [4.69, 9.17) is 0 Å². The predicted octanol–water partition coefficient (Wildman–Crippen LogP) is 3.54. The summed E-state index contributed by atoms with van der Waals surface area (Å²) >= 11 is 0. The zero-order valence-corrected chi connectivity index (χ0v) is 20.4. The molecule has 0 radical (unpaired) electrons. The van der Waals surface area contributed by atoms with Crippen molar-refractivity contribution in [2.45, 2.75) is 45.1 Å². The molecule has 1 saturated carbocycles. The van der Waals surface area contributed by atoms with Gasteiger partial charge in [-0.15, -0.1) is 24.0 Å².